The third-order valence-corrected chi connectivity index (χ3v) is 4.90. The molecular formula is C22H23ClF3NO6. The van der Waals surface area contributed by atoms with E-state index in [0.29, 0.717) is 30.2 Å². The molecule has 0 saturated carbocycles. The van der Waals surface area contributed by atoms with Crippen LogP contribution in [0.1, 0.15) is 20.3 Å². The van der Waals surface area contributed by atoms with Gasteiger partial charge in [0.1, 0.15) is 18.1 Å². The fourth-order valence-electron chi connectivity index (χ4n) is 3.14. The van der Waals surface area contributed by atoms with Crippen LogP contribution in [0.4, 0.5) is 18.9 Å². The predicted molar refractivity (Wildman–Crippen MR) is 114 cm³/mol. The van der Waals surface area contributed by atoms with Crippen LogP contribution >= 0.6 is 11.6 Å². The first-order valence-electron chi connectivity index (χ1n) is 9.93. The molecule has 180 valence electrons. The number of halogens is 4. The van der Waals surface area contributed by atoms with Crippen molar-refractivity contribution in [2.75, 3.05) is 25.2 Å². The maximum atomic E-state index is 12.9. The van der Waals surface area contributed by atoms with Crippen LogP contribution in [0.15, 0.2) is 36.4 Å². The van der Waals surface area contributed by atoms with E-state index in [1.807, 2.05) is 0 Å². The highest BCUT2D eigenvalue weighted by Crippen LogP contribution is 2.36. The lowest BCUT2D eigenvalue weighted by molar-refractivity contribution is -0.274. The Balaban J connectivity index is 1.70. The average Bonchev–Trinajstić information content (AvgIpc) is 3.07. The predicted octanol–water partition coefficient (Wildman–Crippen LogP) is 4.58. The van der Waals surface area contributed by atoms with Crippen LogP contribution in [0.3, 0.4) is 0 Å². The van der Waals surface area contributed by atoms with Gasteiger partial charge in [0.15, 0.2) is 17.6 Å². The number of methoxy groups -OCH3 is 1. The van der Waals surface area contributed by atoms with Gasteiger partial charge >= 0.3 is 6.36 Å². The highest BCUT2D eigenvalue weighted by molar-refractivity contribution is 6.32. The molecule has 33 heavy (non-hydrogen) atoms. The molecule has 1 fully saturated rings. The van der Waals surface area contributed by atoms with Crippen molar-refractivity contribution in [3.8, 4) is 23.0 Å². The standard InChI is InChI=1S/C22H23ClF3NO6/c1-21(2,29)12-31-17-6-4-13(10-19(17)30-3)27-9-8-18(20(27)28)32-16-7-5-14(11-15(16)23)33-22(24,25)26/h4-7,10-11,18,29H,8-9,12H2,1-3H3. The summed E-state index contributed by atoms with van der Waals surface area (Å²) in [5, 5.41) is 9.73. The Bertz CT molecular complexity index is 1010. The molecular weight excluding hydrogens is 467 g/mol. The van der Waals surface area contributed by atoms with E-state index in [1.54, 1.807) is 32.0 Å². The lowest BCUT2D eigenvalue weighted by Crippen LogP contribution is -2.32. The topological polar surface area (TPSA) is 77.5 Å². The molecule has 0 spiro atoms. The molecule has 1 aliphatic heterocycles. The van der Waals surface area contributed by atoms with Gasteiger partial charge in [-0.3, -0.25) is 4.79 Å². The van der Waals surface area contributed by atoms with Crippen LogP contribution in [0.25, 0.3) is 0 Å². The first-order chi connectivity index (χ1) is 15.4. The molecule has 0 bridgehead atoms. The number of aliphatic hydroxyl groups is 1. The van der Waals surface area contributed by atoms with E-state index in [2.05, 4.69) is 4.74 Å². The summed E-state index contributed by atoms with van der Waals surface area (Å²) in [6.07, 6.45) is -5.37. The van der Waals surface area contributed by atoms with Crippen molar-refractivity contribution in [1.82, 2.24) is 0 Å². The smallest absolute Gasteiger partial charge is 0.493 e. The van der Waals surface area contributed by atoms with Gasteiger partial charge in [0.25, 0.3) is 5.91 Å². The quantitative estimate of drug-likeness (QED) is 0.585. The van der Waals surface area contributed by atoms with Crippen LogP contribution in [0.2, 0.25) is 5.02 Å². The maximum Gasteiger partial charge on any atom is 0.573 e. The summed E-state index contributed by atoms with van der Waals surface area (Å²) in [5.74, 6) is 0.0411. The minimum absolute atomic E-state index is 0.0504. The van der Waals surface area contributed by atoms with Gasteiger partial charge in [-0.1, -0.05) is 11.6 Å². The highest BCUT2D eigenvalue weighted by atomic mass is 35.5. The molecule has 1 atom stereocenters. The van der Waals surface area contributed by atoms with Crippen LogP contribution in [0.5, 0.6) is 23.0 Å². The van der Waals surface area contributed by atoms with E-state index in [0.717, 1.165) is 12.1 Å². The van der Waals surface area contributed by atoms with Gasteiger partial charge in [0.2, 0.25) is 0 Å². The van der Waals surface area contributed by atoms with Gasteiger partial charge in [0.05, 0.1) is 17.7 Å². The SMILES string of the molecule is COc1cc(N2CCC(Oc3ccc(OC(F)(F)F)cc3Cl)C2=O)ccc1OCC(C)(C)O. The summed E-state index contributed by atoms with van der Waals surface area (Å²) < 4.78 is 57.5. The minimum Gasteiger partial charge on any atom is -0.493 e. The van der Waals surface area contributed by atoms with Crippen LogP contribution < -0.4 is 23.8 Å². The van der Waals surface area contributed by atoms with Gasteiger partial charge < -0.3 is 29.0 Å². The third kappa shape index (κ3) is 6.58. The Morgan fingerprint density at radius 2 is 1.82 bits per heavy atom. The van der Waals surface area contributed by atoms with Crippen molar-refractivity contribution >= 4 is 23.2 Å². The van der Waals surface area contributed by atoms with E-state index < -0.39 is 23.8 Å². The Labute approximate surface area is 193 Å². The van der Waals surface area contributed by atoms with Gasteiger partial charge in [-0.05, 0) is 38.1 Å². The van der Waals surface area contributed by atoms with Crippen molar-refractivity contribution in [1.29, 1.82) is 0 Å². The molecule has 2 aromatic rings. The second kappa shape index (κ2) is 9.56. The lowest BCUT2D eigenvalue weighted by Gasteiger charge is -2.21. The van der Waals surface area contributed by atoms with Crippen molar-refractivity contribution in [2.24, 2.45) is 0 Å². The molecule has 0 aromatic heterocycles. The number of alkyl halides is 3. The van der Waals surface area contributed by atoms with Crippen LogP contribution in [-0.2, 0) is 4.79 Å². The number of nitrogens with zero attached hydrogens (tertiary/aromatic N) is 1. The van der Waals surface area contributed by atoms with Gasteiger partial charge in [-0.15, -0.1) is 13.2 Å². The van der Waals surface area contributed by atoms with E-state index in [-0.39, 0.29) is 23.3 Å². The molecule has 11 heteroatoms. The molecule has 1 aliphatic rings. The van der Waals surface area contributed by atoms with E-state index in [9.17, 15) is 23.1 Å². The third-order valence-electron chi connectivity index (χ3n) is 4.60. The maximum absolute atomic E-state index is 12.9. The van der Waals surface area contributed by atoms with Crippen LogP contribution in [0, 0.1) is 0 Å². The monoisotopic (exact) mass is 489 g/mol. The molecule has 1 heterocycles. The van der Waals surface area contributed by atoms with Crippen molar-refractivity contribution < 1.29 is 42.0 Å². The molecule has 3 rings (SSSR count). The van der Waals surface area contributed by atoms with Gasteiger partial charge in [-0.25, -0.2) is 0 Å². The number of carbonyl (C=O) groups excluding carboxylic acids is 1. The Morgan fingerprint density at radius 1 is 1.12 bits per heavy atom. The molecule has 0 radical (unpaired) electrons. The zero-order chi connectivity index (χ0) is 24.4. The number of benzene rings is 2. The Kier molecular flexibility index (Phi) is 7.18. The highest BCUT2D eigenvalue weighted by Gasteiger charge is 2.35. The molecule has 1 N–H and O–H groups in total. The first kappa shape index (κ1) is 24.8. The lowest BCUT2D eigenvalue weighted by atomic mass is 10.2. The second-order valence-corrected chi connectivity index (χ2v) is 8.37. The number of ether oxygens (including phenoxy) is 4. The fraction of sp³-hybridized carbons (Fsp3) is 0.409. The second-order valence-electron chi connectivity index (χ2n) is 7.96. The zero-order valence-corrected chi connectivity index (χ0v) is 18.9. The summed E-state index contributed by atoms with van der Waals surface area (Å²) in [5.41, 5.74) is -0.476. The number of anilines is 1. The summed E-state index contributed by atoms with van der Waals surface area (Å²) in [4.78, 5) is 14.4. The zero-order valence-electron chi connectivity index (χ0n) is 18.1. The van der Waals surface area contributed by atoms with Gasteiger partial charge in [-0.2, -0.15) is 0 Å². The number of carbonyl (C=O) groups is 1. The van der Waals surface area contributed by atoms with Crippen molar-refractivity contribution in [2.45, 2.75) is 38.3 Å². The minimum atomic E-state index is -4.84. The van der Waals surface area contributed by atoms with Crippen molar-refractivity contribution in [3.63, 3.8) is 0 Å². The summed E-state index contributed by atoms with van der Waals surface area (Å²) in [6.45, 7) is 3.62. The van der Waals surface area contributed by atoms with E-state index in [1.165, 1.54) is 18.1 Å². The molecule has 1 unspecified atom stereocenters. The normalized spacial score (nSPS) is 16.7. The van der Waals surface area contributed by atoms with Crippen molar-refractivity contribution in [3.05, 3.63) is 41.4 Å². The number of hydrogen-bond donors (Lipinski definition) is 1. The molecule has 1 saturated heterocycles. The van der Waals surface area contributed by atoms with Gasteiger partial charge in [0, 0.05) is 30.8 Å². The average molecular weight is 490 g/mol. The Hall–Kier alpha value is -2.85. The van der Waals surface area contributed by atoms with Crippen LogP contribution in [-0.4, -0.2) is 49.3 Å². The molecule has 0 aliphatic carbocycles. The van der Waals surface area contributed by atoms with E-state index >= 15 is 0 Å². The first-order valence-corrected chi connectivity index (χ1v) is 10.3. The Morgan fingerprint density at radius 3 is 2.42 bits per heavy atom. The number of rotatable bonds is 8. The summed E-state index contributed by atoms with van der Waals surface area (Å²) in [7, 11) is 1.46. The largest absolute Gasteiger partial charge is 0.573 e. The molecule has 1 amide bonds. The fourth-order valence-corrected chi connectivity index (χ4v) is 3.36. The molecule has 7 nitrogen and oxygen atoms in total. The molecule has 2 aromatic carbocycles. The summed E-state index contributed by atoms with van der Waals surface area (Å²) >= 11 is 6.01. The number of amides is 1. The number of hydrogen-bond acceptors (Lipinski definition) is 6. The van der Waals surface area contributed by atoms with E-state index in [4.69, 9.17) is 25.8 Å². The summed E-state index contributed by atoms with van der Waals surface area (Å²) in [6, 6.07) is 8.20.